The molecule has 0 amide bonds. The smallest absolute Gasteiger partial charge is 0.0995 e. The Kier molecular flexibility index (Phi) is 4.11. The molecule has 0 atom stereocenters. The molecule has 0 saturated heterocycles. The Morgan fingerprint density at radius 2 is 2.17 bits per heavy atom. The highest BCUT2D eigenvalue weighted by Gasteiger charge is 2.01. The lowest BCUT2D eigenvalue weighted by Gasteiger charge is -2.06. The van der Waals surface area contributed by atoms with Crippen LogP contribution in [0.2, 0.25) is 0 Å². The van der Waals surface area contributed by atoms with Crippen LogP contribution in [-0.2, 0) is 20.0 Å². The molecule has 1 aromatic carbocycles. The third-order valence-corrected chi connectivity index (χ3v) is 2.93. The van der Waals surface area contributed by atoms with Crippen molar-refractivity contribution in [3.8, 4) is 6.07 Å². The van der Waals surface area contributed by atoms with E-state index < -0.39 is 0 Å². The van der Waals surface area contributed by atoms with Gasteiger partial charge >= 0.3 is 0 Å². The Morgan fingerprint density at radius 1 is 1.33 bits per heavy atom. The molecule has 2 aromatic rings. The number of aromatic nitrogens is 2. The number of hydrogen-bond donors (Lipinski definition) is 1. The van der Waals surface area contributed by atoms with Crippen LogP contribution in [0.1, 0.15) is 16.8 Å². The van der Waals surface area contributed by atoms with Gasteiger partial charge in [-0.1, -0.05) is 18.2 Å². The molecule has 0 aliphatic rings. The first kappa shape index (κ1) is 12.3. The monoisotopic (exact) mass is 240 g/mol. The van der Waals surface area contributed by atoms with Crippen molar-refractivity contribution in [1.82, 2.24) is 15.1 Å². The summed E-state index contributed by atoms with van der Waals surface area (Å²) in [5, 5.41) is 16.4. The maximum Gasteiger partial charge on any atom is 0.0995 e. The molecule has 0 fully saturated rings. The number of aryl methyl sites for hydroxylation is 1. The zero-order valence-electron chi connectivity index (χ0n) is 10.4. The van der Waals surface area contributed by atoms with Crippen molar-refractivity contribution in [3.63, 3.8) is 0 Å². The van der Waals surface area contributed by atoms with E-state index >= 15 is 0 Å². The summed E-state index contributed by atoms with van der Waals surface area (Å²) < 4.78 is 1.88. The third-order valence-electron chi connectivity index (χ3n) is 2.93. The van der Waals surface area contributed by atoms with Crippen molar-refractivity contribution < 1.29 is 0 Å². The quantitative estimate of drug-likeness (QED) is 0.808. The highest BCUT2D eigenvalue weighted by atomic mass is 15.3. The van der Waals surface area contributed by atoms with Crippen molar-refractivity contribution in [2.24, 2.45) is 7.05 Å². The molecule has 0 radical (unpaired) electrons. The van der Waals surface area contributed by atoms with Crippen molar-refractivity contribution in [2.45, 2.75) is 13.0 Å². The van der Waals surface area contributed by atoms with Gasteiger partial charge in [0.1, 0.15) is 0 Å². The van der Waals surface area contributed by atoms with Gasteiger partial charge in [0.15, 0.2) is 0 Å². The van der Waals surface area contributed by atoms with E-state index in [4.69, 9.17) is 5.26 Å². The van der Waals surface area contributed by atoms with Crippen LogP contribution in [-0.4, -0.2) is 16.3 Å². The van der Waals surface area contributed by atoms with Crippen LogP contribution in [0.25, 0.3) is 0 Å². The summed E-state index contributed by atoms with van der Waals surface area (Å²) in [4.78, 5) is 0. The molecule has 4 heteroatoms. The summed E-state index contributed by atoms with van der Waals surface area (Å²) in [6, 6.07) is 11.9. The predicted molar refractivity (Wildman–Crippen MR) is 69.8 cm³/mol. The molecule has 0 aliphatic carbocycles. The van der Waals surface area contributed by atoms with Crippen LogP contribution in [0.4, 0.5) is 0 Å². The Hall–Kier alpha value is -2.12. The van der Waals surface area contributed by atoms with Crippen molar-refractivity contribution in [3.05, 3.63) is 53.3 Å². The van der Waals surface area contributed by atoms with E-state index in [-0.39, 0.29) is 0 Å². The Labute approximate surface area is 107 Å². The fourth-order valence-electron chi connectivity index (χ4n) is 1.87. The normalized spacial score (nSPS) is 10.2. The Bertz CT molecular complexity index is 551. The van der Waals surface area contributed by atoms with Gasteiger partial charge < -0.3 is 5.32 Å². The van der Waals surface area contributed by atoms with Gasteiger partial charge in [0.2, 0.25) is 0 Å². The number of hydrogen-bond acceptors (Lipinski definition) is 3. The molecule has 0 spiro atoms. The topological polar surface area (TPSA) is 53.6 Å². The molecule has 4 nitrogen and oxygen atoms in total. The summed E-state index contributed by atoms with van der Waals surface area (Å²) in [6.07, 6.45) is 2.74. The number of nitriles is 1. The number of nitrogens with one attached hydrogen (secondary N) is 1. The summed E-state index contributed by atoms with van der Waals surface area (Å²) in [6.45, 7) is 1.60. The average molecular weight is 240 g/mol. The summed E-state index contributed by atoms with van der Waals surface area (Å²) in [5.74, 6) is 0. The lowest BCUT2D eigenvalue weighted by molar-refractivity contribution is 0.642. The molecule has 0 bridgehead atoms. The first-order valence-corrected chi connectivity index (χ1v) is 5.97. The zero-order chi connectivity index (χ0) is 12.8. The number of benzene rings is 1. The van der Waals surface area contributed by atoms with Crippen LogP contribution in [0.3, 0.4) is 0 Å². The Morgan fingerprint density at radius 3 is 2.89 bits per heavy atom. The van der Waals surface area contributed by atoms with Gasteiger partial charge in [-0.3, -0.25) is 4.68 Å². The summed E-state index contributed by atoms with van der Waals surface area (Å²) in [7, 11) is 1.94. The zero-order valence-corrected chi connectivity index (χ0v) is 10.4. The number of rotatable bonds is 5. The maximum absolute atomic E-state index is 8.97. The maximum atomic E-state index is 8.97. The lowest BCUT2D eigenvalue weighted by atomic mass is 10.1. The molecule has 1 aromatic heterocycles. The van der Waals surface area contributed by atoms with Gasteiger partial charge in [-0.15, -0.1) is 0 Å². The molecule has 18 heavy (non-hydrogen) atoms. The van der Waals surface area contributed by atoms with E-state index in [9.17, 15) is 0 Å². The molecule has 0 saturated carbocycles. The van der Waals surface area contributed by atoms with Crippen molar-refractivity contribution >= 4 is 0 Å². The van der Waals surface area contributed by atoms with E-state index in [1.165, 1.54) is 5.69 Å². The van der Waals surface area contributed by atoms with Crippen LogP contribution < -0.4 is 5.32 Å². The minimum atomic E-state index is 0.724. The average Bonchev–Trinajstić information content (AvgIpc) is 2.81. The molecule has 2 rings (SSSR count). The van der Waals surface area contributed by atoms with Crippen LogP contribution >= 0.6 is 0 Å². The van der Waals surface area contributed by atoms with Gasteiger partial charge in [-0.2, -0.15) is 10.4 Å². The SMILES string of the molecule is Cn1nccc1CCNCc1ccccc1C#N. The highest BCUT2D eigenvalue weighted by Crippen LogP contribution is 2.06. The first-order chi connectivity index (χ1) is 8.81. The largest absolute Gasteiger partial charge is 0.312 e. The lowest BCUT2D eigenvalue weighted by Crippen LogP contribution is -2.18. The van der Waals surface area contributed by atoms with E-state index in [2.05, 4.69) is 16.5 Å². The molecule has 0 aliphatic heterocycles. The van der Waals surface area contributed by atoms with Crippen LogP contribution in [0.15, 0.2) is 36.5 Å². The molecule has 0 unspecified atom stereocenters. The minimum Gasteiger partial charge on any atom is -0.312 e. The molecular weight excluding hydrogens is 224 g/mol. The molecular formula is C14H16N4. The van der Waals surface area contributed by atoms with E-state index in [0.29, 0.717) is 0 Å². The summed E-state index contributed by atoms with van der Waals surface area (Å²) >= 11 is 0. The standard InChI is InChI=1S/C14H16N4/c1-18-14(7-9-17-18)6-8-16-11-13-5-3-2-4-12(13)10-15/h2-5,7,9,16H,6,8,11H2,1H3. The Balaban J connectivity index is 1.82. The second-order valence-corrected chi connectivity index (χ2v) is 4.14. The van der Waals surface area contributed by atoms with Gasteiger partial charge in [0.25, 0.3) is 0 Å². The first-order valence-electron chi connectivity index (χ1n) is 5.97. The fourth-order valence-corrected chi connectivity index (χ4v) is 1.87. The molecule has 92 valence electrons. The predicted octanol–water partition coefficient (Wildman–Crippen LogP) is 1.62. The van der Waals surface area contributed by atoms with Crippen molar-refractivity contribution in [2.75, 3.05) is 6.54 Å². The van der Waals surface area contributed by atoms with E-state index in [1.807, 2.05) is 42.1 Å². The molecule has 1 heterocycles. The second-order valence-electron chi connectivity index (χ2n) is 4.14. The van der Waals surface area contributed by atoms with Crippen LogP contribution in [0, 0.1) is 11.3 Å². The van der Waals surface area contributed by atoms with Gasteiger partial charge in [0, 0.05) is 38.4 Å². The minimum absolute atomic E-state index is 0.724. The third kappa shape index (κ3) is 2.96. The highest BCUT2D eigenvalue weighted by molar-refractivity contribution is 5.37. The van der Waals surface area contributed by atoms with E-state index in [0.717, 1.165) is 30.6 Å². The number of nitrogens with zero attached hydrogens (tertiary/aromatic N) is 3. The fraction of sp³-hybridized carbons (Fsp3) is 0.286. The van der Waals surface area contributed by atoms with E-state index in [1.54, 1.807) is 6.20 Å². The van der Waals surface area contributed by atoms with Crippen LogP contribution in [0.5, 0.6) is 0 Å². The summed E-state index contributed by atoms with van der Waals surface area (Å²) in [5.41, 5.74) is 2.99. The van der Waals surface area contributed by atoms with Crippen molar-refractivity contribution in [1.29, 1.82) is 5.26 Å². The van der Waals surface area contributed by atoms with Gasteiger partial charge in [-0.25, -0.2) is 0 Å². The molecule has 1 N–H and O–H groups in total. The second kappa shape index (κ2) is 5.99. The van der Waals surface area contributed by atoms with Gasteiger partial charge in [0.05, 0.1) is 11.6 Å². The van der Waals surface area contributed by atoms with Gasteiger partial charge in [-0.05, 0) is 17.7 Å².